The van der Waals surface area contributed by atoms with Gasteiger partial charge in [0.1, 0.15) is 0 Å². The van der Waals surface area contributed by atoms with Crippen LogP contribution in [-0.4, -0.2) is 4.57 Å². The summed E-state index contributed by atoms with van der Waals surface area (Å²) in [6.45, 7) is 0. The Bertz CT molecular complexity index is 2790. The molecule has 8 aromatic carbocycles. The van der Waals surface area contributed by atoms with E-state index >= 15 is 0 Å². The highest BCUT2D eigenvalue weighted by atomic mass is 32.1. The molecule has 2 heterocycles. The number of para-hydroxylation sites is 2. The number of hydrogen-bond donors (Lipinski definition) is 0. The molecule has 10 rings (SSSR count). The molecule has 0 aliphatic carbocycles. The number of anilines is 3. The molecular weight excluding hydrogens is 589 g/mol. The van der Waals surface area contributed by atoms with Crippen LogP contribution in [-0.2, 0) is 0 Å². The van der Waals surface area contributed by atoms with Gasteiger partial charge in [-0.3, -0.25) is 0 Å². The number of aromatic nitrogens is 1. The minimum absolute atomic E-state index is 1.13. The molecule has 220 valence electrons. The van der Waals surface area contributed by atoms with Crippen molar-refractivity contribution in [3.05, 3.63) is 170 Å². The van der Waals surface area contributed by atoms with E-state index in [-0.39, 0.29) is 0 Å². The molecule has 10 aromatic rings. The predicted molar refractivity (Wildman–Crippen MR) is 203 cm³/mol. The zero-order valence-electron chi connectivity index (χ0n) is 25.5. The van der Waals surface area contributed by atoms with Crippen molar-refractivity contribution >= 4 is 91.9 Å². The molecule has 0 aliphatic heterocycles. The van der Waals surface area contributed by atoms with Crippen LogP contribution in [0.3, 0.4) is 0 Å². The summed E-state index contributed by atoms with van der Waals surface area (Å²) in [5.74, 6) is 0. The smallest absolute Gasteiger partial charge is 0.0726 e. The molecule has 2 nitrogen and oxygen atoms in total. The average molecular weight is 617 g/mol. The number of rotatable bonds is 4. The van der Waals surface area contributed by atoms with Crippen molar-refractivity contribution in [2.45, 2.75) is 0 Å². The van der Waals surface area contributed by atoms with E-state index in [1.165, 1.54) is 69.2 Å². The molecule has 0 amide bonds. The van der Waals surface area contributed by atoms with Gasteiger partial charge in [0.25, 0.3) is 0 Å². The summed E-state index contributed by atoms with van der Waals surface area (Å²) in [6.07, 6.45) is 0. The van der Waals surface area contributed by atoms with Crippen LogP contribution in [0.25, 0.3) is 69.2 Å². The number of hydrogen-bond acceptors (Lipinski definition) is 2. The Labute approximate surface area is 276 Å². The fourth-order valence-electron chi connectivity index (χ4n) is 7.56. The molecule has 0 spiro atoms. The van der Waals surface area contributed by atoms with Crippen molar-refractivity contribution in [2.24, 2.45) is 0 Å². The lowest BCUT2D eigenvalue weighted by Crippen LogP contribution is -2.10. The highest BCUT2D eigenvalue weighted by molar-refractivity contribution is 7.27. The van der Waals surface area contributed by atoms with Crippen LogP contribution >= 0.6 is 11.3 Å². The lowest BCUT2D eigenvalue weighted by Gasteiger charge is -2.27. The van der Waals surface area contributed by atoms with Crippen LogP contribution < -0.4 is 4.90 Å². The van der Waals surface area contributed by atoms with Gasteiger partial charge in [-0.25, -0.2) is 0 Å². The predicted octanol–water partition coefficient (Wildman–Crippen LogP) is 12.9. The Morgan fingerprint density at radius 2 is 1.09 bits per heavy atom. The van der Waals surface area contributed by atoms with Gasteiger partial charge in [0, 0.05) is 48.7 Å². The fraction of sp³-hybridized carbons (Fsp3) is 0. The molecule has 47 heavy (non-hydrogen) atoms. The molecule has 0 atom stereocenters. The Balaban J connectivity index is 1.38. The summed E-state index contributed by atoms with van der Waals surface area (Å²) in [5.41, 5.74) is 7.07. The van der Waals surface area contributed by atoms with Crippen molar-refractivity contribution in [1.29, 1.82) is 0 Å². The first-order valence-electron chi connectivity index (χ1n) is 16.0. The minimum atomic E-state index is 1.13. The van der Waals surface area contributed by atoms with Gasteiger partial charge < -0.3 is 9.47 Å². The first kappa shape index (κ1) is 26.3. The summed E-state index contributed by atoms with van der Waals surface area (Å²) < 4.78 is 5.14. The quantitative estimate of drug-likeness (QED) is 0.191. The van der Waals surface area contributed by atoms with Crippen LogP contribution in [0.5, 0.6) is 0 Å². The highest BCUT2D eigenvalue weighted by Gasteiger charge is 2.23. The SMILES string of the molecule is c1ccc(N(c2ccc3c(c2)c2c4ccccc4c4c5ccccc5sc4c2n3-c2ccccc2)c2cccc3ccccc23)cc1. The van der Waals surface area contributed by atoms with Gasteiger partial charge in [0.2, 0.25) is 0 Å². The Morgan fingerprint density at radius 3 is 1.89 bits per heavy atom. The molecule has 0 saturated carbocycles. The Kier molecular flexibility index (Phi) is 5.78. The summed E-state index contributed by atoms with van der Waals surface area (Å²) in [5, 5.41) is 10.3. The molecule has 3 heteroatoms. The lowest BCUT2D eigenvalue weighted by molar-refractivity contribution is 1.19. The van der Waals surface area contributed by atoms with Gasteiger partial charge in [-0.05, 0) is 70.8 Å². The van der Waals surface area contributed by atoms with E-state index in [9.17, 15) is 0 Å². The van der Waals surface area contributed by atoms with Crippen molar-refractivity contribution < 1.29 is 0 Å². The molecule has 0 N–H and O–H groups in total. The number of benzene rings is 8. The number of fused-ring (bicyclic) bond motifs is 11. The summed E-state index contributed by atoms with van der Waals surface area (Å²) in [6, 6.07) is 61.7. The van der Waals surface area contributed by atoms with E-state index in [0.29, 0.717) is 0 Å². The second-order valence-corrected chi connectivity index (χ2v) is 13.2. The van der Waals surface area contributed by atoms with Crippen LogP contribution in [0, 0.1) is 0 Å². The molecule has 0 saturated heterocycles. The van der Waals surface area contributed by atoms with Crippen molar-refractivity contribution in [3.8, 4) is 5.69 Å². The van der Waals surface area contributed by atoms with Gasteiger partial charge in [-0.15, -0.1) is 11.3 Å². The third-order valence-electron chi connectivity index (χ3n) is 9.52. The second-order valence-electron chi connectivity index (χ2n) is 12.1. The standard InChI is InChI=1S/C44H28N2S/c1-3-16-30(17-4-1)45(38-24-13-15-29-14-7-8-20-33(29)38)32-26-27-39-37(28-32)41-34-21-9-10-22-35(34)42-36-23-11-12-25-40(36)47-44(42)43(41)46(39)31-18-5-2-6-19-31/h1-28H. The number of nitrogens with zero attached hydrogens (tertiary/aromatic N) is 2. The third kappa shape index (κ3) is 3.90. The first-order valence-corrected chi connectivity index (χ1v) is 16.9. The number of thiophene rings is 1. The normalized spacial score (nSPS) is 11.8. The van der Waals surface area contributed by atoms with Gasteiger partial charge in [0.05, 0.1) is 21.4 Å². The van der Waals surface area contributed by atoms with Crippen LogP contribution in [0.1, 0.15) is 0 Å². The maximum Gasteiger partial charge on any atom is 0.0726 e. The topological polar surface area (TPSA) is 8.17 Å². The van der Waals surface area contributed by atoms with Crippen LogP contribution in [0.2, 0.25) is 0 Å². The molecule has 0 bridgehead atoms. The fourth-order valence-corrected chi connectivity index (χ4v) is 8.82. The van der Waals surface area contributed by atoms with Crippen molar-refractivity contribution in [2.75, 3.05) is 4.90 Å². The molecule has 0 radical (unpaired) electrons. The average Bonchev–Trinajstić information content (AvgIpc) is 3.70. The maximum absolute atomic E-state index is 2.49. The van der Waals surface area contributed by atoms with Gasteiger partial charge in [0.15, 0.2) is 0 Å². The third-order valence-corrected chi connectivity index (χ3v) is 10.7. The lowest BCUT2D eigenvalue weighted by atomic mass is 9.98. The molecule has 0 unspecified atom stereocenters. The molecular formula is C44H28N2S. The molecule has 0 aliphatic rings. The van der Waals surface area contributed by atoms with Crippen molar-refractivity contribution in [1.82, 2.24) is 4.57 Å². The second kappa shape index (κ2) is 10.3. The zero-order chi connectivity index (χ0) is 30.9. The van der Waals surface area contributed by atoms with E-state index in [2.05, 4.69) is 179 Å². The van der Waals surface area contributed by atoms with E-state index in [1.54, 1.807) is 0 Å². The van der Waals surface area contributed by atoms with E-state index in [1.807, 2.05) is 11.3 Å². The highest BCUT2D eigenvalue weighted by Crippen LogP contribution is 2.49. The Hall–Kier alpha value is -5.90. The maximum atomic E-state index is 2.49. The first-order chi connectivity index (χ1) is 23.3. The van der Waals surface area contributed by atoms with Gasteiger partial charge in [-0.1, -0.05) is 115 Å². The van der Waals surface area contributed by atoms with Crippen LogP contribution in [0.4, 0.5) is 17.1 Å². The summed E-state index contributed by atoms with van der Waals surface area (Å²) >= 11 is 1.90. The van der Waals surface area contributed by atoms with Crippen molar-refractivity contribution in [3.63, 3.8) is 0 Å². The van der Waals surface area contributed by atoms with Crippen LogP contribution in [0.15, 0.2) is 170 Å². The van der Waals surface area contributed by atoms with E-state index in [4.69, 9.17) is 0 Å². The van der Waals surface area contributed by atoms with E-state index in [0.717, 1.165) is 17.1 Å². The minimum Gasteiger partial charge on any atom is -0.310 e. The summed E-state index contributed by atoms with van der Waals surface area (Å²) in [4.78, 5) is 2.41. The Morgan fingerprint density at radius 1 is 0.447 bits per heavy atom. The monoisotopic (exact) mass is 616 g/mol. The zero-order valence-corrected chi connectivity index (χ0v) is 26.3. The van der Waals surface area contributed by atoms with Gasteiger partial charge >= 0.3 is 0 Å². The molecule has 0 fully saturated rings. The molecule has 2 aromatic heterocycles. The summed E-state index contributed by atoms with van der Waals surface area (Å²) in [7, 11) is 0. The largest absolute Gasteiger partial charge is 0.310 e. The van der Waals surface area contributed by atoms with E-state index < -0.39 is 0 Å². The van der Waals surface area contributed by atoms with Gasteiger partial charge in [-0.2, -0.15) is 0 Å².